The minimum Gasteiger partial charge on any atom is -0.395 e. The summed E-state index contributed by atoms with van der Waals surface area (Å²) >= 11 is 0. The molecule has 2 amide bonds. The summed E-state index contributed by atoms with van der Waals surface area (Å²) in [6.45, 7) is 0.187. The zero-order chi connectivity index (χ0) is 22.4. The quantitative estimate of drug-likeness (QED) is 0.589. The number of nitrogens with two attached hydrogens (primary N) is 1. The SMILES string of the molecule is CN(CCO)C(=O)CC#Cc1cccc(-c2cc(-c3ccnn3C)cc(C(N)=O)n2)c1. The summed E-state index contributed by atoms with van der Waals surface area (Å²) < 4.78 is 1.70. The Bertz CT molecular complexity index is 1170. The lowest BCUT2D eigenvalue weighted by Gasteiger charge is -2.13. The number of likely N-dealkylation sites (N-methyl/N-ethyl adjacent to an activating group) is 1. The number of aliphatic hydroxyl groups excluding tert-OH is 1. The van der Waals surface area contributed by atoms with E-state index >= 15 is 0 Å². The first-order valence-electron chi connectivity index (χ1n) is 9.63. The molecular formula is C23H23N5O3. The average Bonchev–Trinajstić information content (AvgIpc) is 3.19. The zero-order valence-corrected chi connectivity index (χ0v) is 17.4. The molecule has 0 unspecified atom stereocenters. The largest absolute Gasteiger partial charge is 0.395 e. The Labute approximate surface area is 180 Å². The highest BCUT2D eigenvalue weighted by atomic mass is 16.3. The van der Waals surface area contributed by atoms with Crippen molar-refractivity contribution in [2.45, 2.75) is 6.42 Å². The van der Waals surface area contributed by atoms with Gasteiger partial charge in [-0.25, -0.2) is 4.98 Å². The number of pyridine rings is 1. The van der Waals surface area contributed by atoms with Gasteiger partial charge in [0.25, 0.3) is 5.91 Å². The van der Waals surface area contributed by atoms with Crippen molar-refractivity contribution < 1.29 is 14.7 Å². The normalized spacial score (nSPS) is 10.3. The number of hydrogen-bond acceptors (Lipinski definition) is 5. The molecule has 158 valence electrons. The number of carbonyl (C=O) groups is 2. The molecular weight excluding hydrogens is 394 g/mol. The smallest absolute Gasteiger partial charge is 0.267 e. The van der Waals surface area contributed by atoms with Gasteiger partial charge in [-0.2, -0.15) is 5.10 Å². The molecule has 0 saturated heterocycles. The van der Waals surface area contributed by atoms with Crippen molar-refractivity contribution in [1.82, 2.24) is 19.7 Å². The van der Waals surface area contributed by atoms with Crippen LogP contribution in [0.25, 0.3) is 22.5 Å². The van der Waals surface area contributed by atoms with E-state index in [1.54, 1.807) is 24.0 Å². The molecule has 2 heterocycles. The predicted octanol–water partition coefficient (Wildman–Crippen LogP) is 1.44. The van der Waals surface area contributed by atoms with Gasteiger partial charge in [0, 0.05) is 43.5 Å². The average molecular weight is 417 g/mol. The van der Waals surface area contributed by atoms with Crippen LogP contribution in [0, 0.1) is 11.8 Å². The van der Waals surface area contributed by atoms with Crippen molar-refractivity contribution in [2.75, 3.05) is 20.2 Å². The van der Waals surface area contributed by atoms with Gasteiger partial charge in [0.2, 0.25) is 5.91 Å². The number of aryl methyl sites for hydroxylation is 1. The third-order valence-corrected chi connectivity index (χ3v) is 4.69. The van der Waals surface area contributed by atoms with Crippen LogP contribution in [0.3, 0.4) is 0 Å². The number of nitrogens with zero attached hydrogens (tertiary/aromatic N) is 4. The topological polar surface area (TPSA) is 114 Å². The van der Waals surface area contributed by atoms with Crippen molar-refractivity contribution in [1.29, 1.82) is 0 Å². The number of benzene rings is 1. The van der Waals surface area contributed by atoms with Gasteiger partial charge in [-0.3, -0.25) is 14.3 Å². The van der Waals surface area contributed by atoms with Gasteiger partial charge in [0.1, 0.15) is 5.69 Å². The molecule has 31 heavy (non-hydrogen) atoms. The summed E-state index contributed by atoms with van der Waals surface area (Å²) in [6, 6.07) is 12.7. The first-order valence-corrected chi connectivity index (χ1v) is 9.63. The molecule has 3 rings (SSSR count). The van der Waals surface area contributed by atoms with Gasteiger partial charge in [-0.15, -0.1) is 0 Å². The van der Waals surface area contributed by atoms with Gasteiger partial charge < -0.3 is 15.7 Å². The maximum Gasteiger partial charge on any atom is 0.267 e. The lowest BCUT2D eigenvalue weighted by Crippen LogP contribution is -2.28. The Hall–Kier alpha value is -3.96. The van der Waals surface area contributed by atoms with Crippen LogP contribution < -0.4 is 5.73 Å². The second-order valence-corrected chi connectivity index (χ2v) is 6.93. The monoisotopic (exact) mass is 417 g/mol. The third kappa shape index (κ3) is 5.35. The molecule has 3 N–H and O–H groups in total. The van der Waals surface area contributed by atoms with Crippen LogP contribution in [0.15, 0.2) is 48.7 Å². The van der Waals surface area contributed by atoms with Crippen LogP contribution >= 0.6 is 0 Å². The predicted molar refractivity (Wildman–Crippen MR) is 117 cm³/mol. The highest BCUT2D eigenvalue weighted by molar-refractivity contribution is 5.93. The van der Waals surface area contributed by atoms with Gasteiger partial charge in [0.05, 0.1) is 24.4 Å². The second kappa shape index (κ2) is 9.69. The number of primary amides is 1. The van der Waals surface area contributed by atoms with E-state index in [4.69, 9.17) is 10.8 Å². The molecule has 0 aliphatic heterocycles. The van der Waals surface area contributed by atoms with Gasteiger partial charge in [0.15, 0.2) is 0 Å². The van der Waals surface area contributed by atoms with E-state index in [0.717, 1.165) is 16.8 Å². The van der Waals surface area contributed by atoms with Gasteiger partial charge in [-0.05, 0) is 30.3 Å². The van der Waals surface area contributed by atoms with Crippen LogP contribution in [0.5, 0.6) is 0 Å². The molecule has 0 aliphatic carbocycles. The number of amides is 2. The van der Waals surface area contributed by atoms with Gasteiger partial charge >= 0.3 is 0 Å². The maximum atomic E-state index is 11.9. The minimum atomic E-state index is -0.619. The molecule has 8 heteroatoms. The summed E-state index contributed by atoms with van der Waals surface area (Å²) in [5.41, 5.74) is 9.30. The summed E-state index contributed by atoms with van der Waals surface area (Å²) in [5, 5.41) is 13.1. The van der Waals surface area contributed by atoms with E-state index < -0.39 is 5.91 Å². The van der Waals surface area contributed by atoms with E-state index in [-0.39, 0.29) is 31.2 Å². The number of carbonyl (C=O) groups excluding carboxylic acids is 2. The molecule has 2 aromatic heterocycles. The van der Waals surface area contributed by atoms with E-state index in [1.807, 2.05) is 43.4 Å². The molecule has 1 aromatic carbocycles. The molecule has 0 spiro atoms. The second-order valence-electron chi connectivity index (χ2n) is 6.93. The first kappa shape index (κ1) is 21.7. The lowest BCUT2D eigenvalue weighted by atomic mass is 10.0. The third-order valence-electron chi connectivity index (χ3n) is 4.69. The van der Waals surface area contributed by atoms with Crippen LogP contribution in [0.1, 0.15) is 22.5 Å². The Kier molecular flexibility index (Phi) is 6.80. The van der Waals surface area contributed by atoms with Crippen LogP contribution in [0.4, 0.5) is 0 Å². The van der Waals surface area contributed by atoms with Gasteiger partial charge in [-0.1, -0.05) is 24.0 Å². The van der Waals surface area contributed by atoms with Crippen molar-refractivity contribution >= 4 is 11.8 Å². The fourth-order valence-electron chi connectivity index (χ4n) is 3.00. The standard InChI is InChI=1S/C23H23N5O3/c1-27(11-12-29)22(30)8-4-6-16-5-3-7-17(13-16)19-14-18(15-20(26-19)23(24)31)21-9-10-25-28(21)2/h3,5,7,9-10,13-15,29H,8,11-12H2,1-2H3,(H2,24,31). The summed E-state index contributed by atoms with van der Waals surface area (Å²) in [7, 11) is 3.44. The number of hydrogen-bond donors (Lipinski definition) is 2. The molecule has 0 bridgehead atoms. The Morgan fingerprint density at radius 3 is 2.68 bits per heavy atom. The number of aliphatic hydroxyl groups is 1. The number of rotatable bonds is 6. The van der Waals surface area contributed by atoms with Crippen LogP contribution in [-0.4, -0.2) is 56.8 Å². The molecule has 0 atom stereocenters. The summed E-state index contributed by atoms with van der Waals surface area (Å²) in [6.07, 6.45) is 1.73. The maximum absolute atomic E-state index is 11.9. The fraction of sp³-hybridized carbons (Fsp3) is 0.217. The molecule has 0 aliphatic rings. The van der Waals surface area contributed by atoms with Crippen molar-refractivity contribution in [3.63, 3.8) is 0 Å². The van der Waals surface area contributed by atoms with E-state index in [9.17, 15) is 9.59 Å². The Morgan fingerprint density at radius 1 is 1.19 bits per heavy atom. The Morgan fingerprint density at radius 2 is 2.00 bits per heavy atom. The molecule has 0 saturated carbocycles. The summed E-state index contributed by atoms with van der Waals surface area (Å²) in [5.74, 6) is 5.06. The highest BCUT2D eigenvalue weighted by Gasteiger charge is 2.12. The molecule has 8 nitrogen and oxygen atoms in total. The Balaban J connectivity index is 1.91. The van der Waals surface area contributed by atoms with Crippen LogP contribution in [-0.2, 0) is 11.8 Å². The summed E-state index contributed by atoms with van der Waals surface area (Å²) in [4.78, 5) is 29.6. The van der Waals surface area contributed by atoms with Crippen molar-refractivity contribution in [3.8, 4) is 34.4 Å². The van der Waals surface area contributed by atoms with Crippen molar-refractivity contribution in [3.05, 3.63) is 59.9 Å². The number of aromatic nitrogens is 3. The zero-order valence-electron chi connectivity index (χ0n) is 17.4. The molecule has 3 aromatic rings. The minimum absolute atomic E-state index is 0.0563. The first-order chi connectivity index (χ1) is 14.9. The van der Waals surface area contributed by atoms with Crippen molar-refractivity contribution in [2.24, 2.45) is 12.8 Å². The highest BCUT2D eigenvalue weighted by Crippen LogP contribution is 2.26. The van der Waals surface area contributed by atoms with E-state index in [1.165, 1.54) is 4.90 Å². The molecule has 0 fully saturated rings. The molecule has 0 radical (unpaired) electrons. The van der Waals surface area contributed by atoms with E-state index in [2.05, 4.69) is 21.9 Å². The fourth-order valence-corrected chi connectivity index (χ4v) is 3.00. The lowest BCUT2D eigenvalue weighted by molar-refractivity contribution is -0.129. The van der Waals surface area contributed by atoms with Crippen LogP contribution in [0.2, 0.25) is 0 Å². The van der Waals surface area contributed by atoms with E-state index in [0.29, 0.717) is 11.3 Å².